The van der Waals surface area contributed by atoms with Crippen LogP contribution in [0.4, 0.5) is 0 Å². The number of nitrogens with one attached hydrogen (secondary N) is 1. The molecule has 1 aliphatic heterocycles. The van der Waals surface area contributed by atoms with E-state index in [1.54, 1.807) is 26.8 Å². The van der Waals surface area contributed by atoms with Crippen molar-refractivity contribution >= 4 is 25.8 Å². The molecule has 1 saturated heterocycles. The summed E-state index contributed by atoms with van der Waals surface area (Å²) in [5.41, 5.74) is 0.626. The number of amides is 1. The summed E-state index contributed by atoms with van der Waals surface area (Å²) in [6, 6.07) is 2.96. The SMILES string of the molecule is Cc1cc(C(=O)N[C@]2(C)CCS(=O)(=O)C2)cc(S(=O)(=O)N(C)C)c1C. The van der Waals surface area contributed by atoms with Crippen LogP contribution in [0.1, 0.15) is 34.8 Å². The van der Waals surface area contributed by atoms with Gasteiger partial charge in [0.1, 0.15) is 0 Å². The van der Waals surface area contributed by atoms with Crippen molar-refractivity contribution in [3.8, 4) is 0 Å². The summed E-state index contributed by atoms with van der Waals surface area (Å²) in [7, 11) is -3.98. The summed E-state index contributed by atoms with van der Waals surface area (Å²) in [5.74, 6) is -0.547. The molecule has 9 heteroatoms. The van der Waals surface area contributed by atoms with Crippen molar-refractivity contribution < 1.29 is 21.6 Å². The summed E-state index contributed by atoms with van der Waals surface area (Å²) < 4.78 is 49.4. The molecule has 1 atom stereocenters. The molecule has 1 N–H and O–H groups in total. The van der Waals surface area contributed by atoms with Crippen molar-refractivity contribution in [2.75, 3.05) is 25.6 Å². The quantitative estimate of drug-likeness (QED) is 0.824. The highest BCUT2D eigenvalue weighted by atomic mass is 32.2. The van der Waals surface area contributed by atoms with Crippen LogP contribution in [-0.4, -0.2) is 58.2 Å². The van der Waals surface area contributed by atoms with E-state index in [0.29, 0.717) is 17.5 Å². The average Bonchev–Trinajstić information content (AvgIpc) is 2.74. The third kappa shape index (κ3) is 4.04. The first kappa shape index (κ1) is 19.9. The first-order chi connectivity index (χ1) is 11.3. The number of carbonyl (C=O) groups is 1. The van der Waals surface area contributed by atoms with Crippen LogP contribution in [-0.2, 0) is 19.9 Å². The maximum atomic E-state index is 12.6. The van der Waals surface area contributed by atoms with Gasteiger partial charge in [-0.25, -0.2) is 21.1 Å². The van der Waals surface area contributed by atoms with E-state index in [9.17, 15) is 21.6 Å². The van der Waals surface area contributed by atoms with Crippen LogP contribution < -0.4 is 5.32 Å². The number of sulfone groups is 1. The third-order valence-corrected chi connectivity index (χ3v) is 8.40. The van der Waals surface area contributed by atoms with Gasteiger partial charge in [-0.2, -0.15) is 0 Å². The molecule has 1 aromatic carbocycles. The lowest BCUT2D eigenvalue weighted by molar-refractivity contribution is 0.0915. The largest absolute Gasteiger partial charge is 0.346 e. The Kier molecular flexibility index (Phi) is 5.06. The highest BCUT2D eigenvalue weighted by Crippen LogP contribution is 2.26. The molecule has 7 nitrogen and oxygen atoms in total. The van der Waals surface area contributed by atoms with Crippen molar-refractivity contribution in [1.82, 2.24) is 9.62 Å². The van der Waals surface area contributed by atoms with E-state index in [1.807, 2.05) is 0 Å². The number of benzene rings is 1. The Hall–Kier alpha value is -1.45. The normalized spacial score (nSPS) is 23.0. The molecule has 1 fully saturated rings. The number of nitrogens with zero attached hydrogens (tertiary/aromatic N) is 1. The first-order valence-electron chi connectivity index (χ1n) is 7.84. The molecule has 2 rings (SSSR count). The molecule has 0 radical (unpaired) electrons. The van der Waals surface area contributed by atoms with E-state index in [4.69, 9.17) is 0 Å². The standard InChI is InChI=1S/C16H24N2O5S2/c1-11-8-13(9-14(12(11)2)25(22,23)18(4)5)15(19)17-16(3)6-7-24(20,21)10-16/h8-9H,6-7,10H2,1-5H3,(H,17,19)/t16-/m1/s1. The van der Waals surface area contributed by atoms with Crippen LogP contribution in [0.3, 0.4) is 0 Å². The monoisotopic (exact) mass is 388 g/mol. The predicted octanol–water partition coefficient (Wildman–Crippen LogP) is 0.861. The fourth-order valence-electron chi connectivity index (χ4n) is 2.88. The summed E-state index contributed by atoms with van der Waals surface area (Å²) in [5, 5.41) is 2.76. The molecule has 0 bridgehead atoms. The topological polar surface area (TPSA) is 101 Å². The van der Waals surface area contributed by atoms with Gasteiger partial charge in [0.05, 0.1) is 21.9 Å². The molecule has 0 aliphatic carbocycles. The summed E-state index contributed by atoms with van der Waals surface area (Å²) in [6.07, 6.45) is 0.342. The average molecular weight is 389 g/mol. The zero-order valence-corrected chi connectivity index (χ0v) is 16.7. The second kappa shape index (κ2) is 6.37. The summed E-state index contributed by atoms with van der Waals surface area (Å²) >= 11 is 0. The van der Waals surface area contributed by atoms with Gasteiger partial charge in [-0.1, -0.05) is 0 Å². The Morgan fingerprint density at radius 3 is 2.32 bits per heavy atom. The fraction of sp³-hybridized carbons (Fsp3) is 0.562. The Labute approximate surface area is 149 Å². The molecule has 0 unspecified atom stereocenters. The number of rotatable bonds is 4. The minimum absolute atomic E-state index is 0.0387. The van der Waals surface area contributed by atoms with Crippen molar-refractivity contribution in [3.63, 3.8) is 0 Å². The van der Waals surface area contributed by atoms with Gasteiger partial charge in [0.2, 0.25) is 10.0 Å². The lowest BCUT2D eigenvalue weighted by atomic mass is 10.00. The van der Waals surface area contributed by atoms with Crippen LogP contribution >= 0.6 is 0 Å². The van der Waals surface area contributed by atoms with Gasteiger partial charge >= 0.3 is 0 Å². The summed E-state index contributed by atoms with van der Waals surface area (Å²) in [6.45, 7) is 5.12. The molecule has 140 valence electrons. The molecule has 1 heterocycles. The van der Waals surface area contributed by atoms with Gasteiger partial charge in [-0.15, -0.1) is 0 Å². The zero-order valence-electron chi connectivity index (χ0n) is 15.1. The number of sulfonamides is 1. The highest BCUT2D eigenvalue weighted by Gasteiger charge is 2.39. The van der Waals surface area contributed by atoms with Crippen LogP contribution in [0.15, 0.2) is 17.0 Å². The maximum absolute atomic E-state index is 12.6. The van der Waals surface area contributed by atoms with Crippen molar-refractivity contribution in [3.05, 3.63) is 28.8 Å². The lowest BCUT2D eigenvalue weighted by Crippen LogP contribution is -2.47. The van der Waals surface area contributed by atoms with E-state index >= 15 is 0 Å². The molecule has 1 aromatic rings. The molecular weight excluding hydrogens is 364 g/mol. The number of hydrogen-bond donors (Lipinski definition) is 1. The second-order valence-corrected chi connectivity index (χ2v) is 11.4. The van der Waals surface area contributed by atoms with Gasteiger partial charge in [-0.3, -0.25) is 4.79 Å². The van der Waals surface area contributed by atoms with Crippen molar-refractivity contribution in [2.24, 2.45) is 0 Å². The first-order valence-corrected chi connectivity index (χ1v) is 11.1. The lowest BCUT2D eigenvalue weighted by Gasteiger charge is -2.24. The van der Waals surface area contributed by atoms with E-state index in [0.717, 1.165) is 4.31 Å². The van der Waals surface area contributed by atoms with Gasteiger partial charge in [0.15, 0.2) is 9.84 Å². The Morgan fingerprint density at radius 2 is 1.84 bits per heavy atom. The van der Waals surface area contributed by atoms with E-state index in [1.165, 1.54) is 20.2 Å². The third-order valence-electron chi connectivity index (χ3n) is 4.56. The maximum Gasteiger partial charge on any atom is 0.251 e. The smallest absolute Gasteiger partial charge is 0.251 e. The van der Waals surface area contributed by atoms with Crippen molar-refractivity contribution in [2.45, 2.75) is 37.6 Å². The van der Waals surface area contributed by atoms with E-state index < -0.39 is 31.3 Å². The van der Waals surface area contributed by atoms with Crippen LogP contribution in [0.5, 0.6) is 0 Å². The predicted molar refractivity (Wildman–Crippen MR) is 95.9 cm³/mol. The van der Waals surface area contributed by atoms with Gasteiger partial charge in [-0.05, 0) is 50.5 Å². The van der Waals surface area contributed by atoms with Crippen molar-refractivity contribution in [1.29, 1.82) is 0 Å². The Morgan fingerprint density at radius 1 is 1.24 bits per heavy atom. The highest BCUT2D eigenvalue weighted by molar-refractivity contribution is 7.91. The fourth-order valence-corrected chi connectivity index (χ4v) is 6.19. The molecule has 0 spiro atoms. The number of aryl methyl sites for hydroxylation is 1. The molecule has 1 aliphatic rings. The minimum Gasteiger partial charge on any atom is -0.346 e. The van der Waals surface area contributed by atoms with Gasteiger partial charge in [0.25, 0.3) is 5.91 Å². The molecule has 1 amide bonds. The Balaban J connectivity index is 2.41. The summed E-state index contributed by atoms with van der Waals surface area (Å²) in [4.78, 5) is 12.7. The van der Waals surface area contributed by atoms with Crippen LogP contribution in [0.25, 0.3) is 0 Å². The number of carbonyl (C=O) groups excluding carboxylic acids is 1. The molecule has 0 saturated carbocycles. The minimum atomic E-state index is -3.69. The number of hydrogen-bond acceptors (Lipinski definition) is 5. The van der Waals surface area contributed by atoms with Gasteiger partial charge < -0.3 is 5.32 Å². The van der Waals surface area contributed by atoms with Crippen LogP contribution in [0.2, 0.25) is 0 Å². The molecule has 25 heavy (non-hydrogen) atoms. The Bertz CT molecular complexity index is 920. The second-order valence-electron chi connectivity index (χ2n) is 7.06. The zero-order chi connectivity index (χ0) is 19.2. The van der Waals surface area contributed by atoms with E-state index in [2.05, 4.69) is 5.32 Å². The van der Waals surface area contributed by atoms with Gasteiger partial charge in [0, 0.05) is 19.7 Å². The molecular formula is C16H24N2O5S2. The molecule has 0 aromatic heterocycles. The van der Waals surface area contributed by atoms with Crippen LogP contribution in [0, 0.1) is 13.8 Å². The van der Waals surface area contributed by atoms with E-state index in [-0.39, 0.29) is 22.0 Å².